The van der Waals surface area contributed by atoms with Crippen LogP contribution in [-0.4, -0.2) is 54.7 Å². The highest BCUT2D eigenvalue weighted by molar-refractivity contribution is 5.96. The van der Waals surface area contributed by atoms with Crippen LogP contribution in [0, 0.1) is 0 Å². The van der Waals surface area contributed by atoms with Gasteiger partial charge >= 0.3 is 23.9 Å². The zero-order valence-electron chi connectivity index (χ0n) is 16.5. The minimum absolute atomic E-state index is 0.389. The molecule has 1 aromatic carbocycles. The van der Waals surface area contributed by atoms with Crippen LogP contribution in [0.3, 0.4) is 0 Å². The monoisotopic (exact) mass is 409 g/mol. The third-order valence-corrected chi connectivity index (χ3v) is 3.33. The lowest BCUT2D eigenvalue weighted by Crippen LogP contribution is -2.52. The van der Waals surface area contributed by atoms with E-state index in [4.69, 9.17) is 18.9 Å². The van der Waals surface area contributed by atoms with E-state index in [1.807, 2.05) is 0 Å². The van der Waals surface area contributed by atoms with E-state index in [0.29, 0.717) is 5.69 Å². The molecular formula is C19H23NO9. The predicted octanol–water partition coefficient (Wildman–Crippen LogP) is 0.983. The largest absolute Gasteiger partial charge is 0.462 e. The summed E-state index contributed by atoms with van der Waals surface area (Å²) in [6.07, 6.45) is -4.65. The molecule has 0 aliphatic heterocycles. The number of carbonyl (C=O) groups is 5. The average molecular weight is 409 g/mol. The molecule has 0 heterocycles. The predicted molar refractivity (Wildman–Crippen MR) is 98.4 cm³/mol. The normalized spacial score (nSPS) is 13.2. The van der Waals surface area contributed by atoms with Gasteiger partial charge in [0.2, 0.25) is 6.10 Å². The number of benzene rings is 1. The Labute approximate surface area is 167 Å². The molecule has 1 amide bonds. The SMILES string of the molecule is CC(=O)OC[C@@H](OC(C)=O)[C@H](OC(C)=O)[C@H](OC(C)=O)C(=O)Nc1ccccc1. The molecule has 0 aliphatic carbocycles. The molecule has 0 saturated carbocycles. The van der Waals surface area contributed by atoms with Crippen LogP contribution >= 0.6 is 0 Å². The summed E-state index contributed by atoms with van der Waals surface area (Å²) in [7, 11) is 0. The van der Waals surface area contributed by atoms with Gasteiger partial charge in [-0.1, -0.05) is 18.2 Å². The van der Waals surface area contributed by atoms with Gasteiger partial charge < -0.3 is 24.3 Å². The Bertz CT molecular complexity index is 747. The smallest absolute Gasteiger partial charge is 0.303 e. The maximum absolute atomic E-state index is 12.8. The quantitative estimate of drug-likeness (QED) is 0.468. The van der Waals surface area contributed by atoms with Crippen molar-refractivity contribution in [3.05, 3.63) is 30.3 Å². The van der Waals surface area contributed by atoms with Crippen molar-refractivity contribution in [3.63, 3.8) is 0 Å². The molecule has 0 saturated heterocycles. The van der Waals surface area contributed by atoms with E-state index < -0.39 is 54.7 Å². The Hall–Kier alpha value is -3.43. The second-order valence-electron chi connectivity index (χ2n) is 5.91. The van der Waals surface area contributed by atoms with Crippen LogP contribution in [-0.2, 0) is 42.9 Å². The topological polar surface area (TPSA) is 134 Å². The van der Waals surface area contributed by atoms with Crippen LogP contribution in [0.15, 0.2) is 30.3 Å². The Morgan fingerprint density at radius 1 is 0.793 bits per heavy atom. The van der Waals surface area contributed by atoms with Crippen molar-refractivity contribution in [1.29, 1.82) is 0 Å². The number of para-hydroxylation sites is 1. The lowest BCUT2D eigenvalue weighted by Gasteiger charge is -2.30. The highest BCUT2D eigenvalue weighted by Crippen LogP contribution is 2.17. The highest BCUT2D eigenvalue weighted by Gasteiger charge is 2.42. The van der Waals surface area contributed by atoms with Crippen molar-refractivity contribution in [2.24, 2.45) is 0 Å². The number of carbonyl (C=O) groups excluding carboxylic acids is 5. The van der Waals surface area contributed by atoms with Crippen LogP contribution in [0.5, 0.6) is 0 Å². The standard InChI is InChI=1S/C19H23NO9/c1-11(21)26-10-16(27-12(2)22)17(28-13(3)23)18(29-14(4)24)19(25)20-15-8-6-5-7-9-15/h5-9,16-18H,10H2,1-4H3,(H,20,25)/t16-,17+,18+/m1/s1. The van der Waals surface area contributed by atoms with E-state index in [0.717, 1.165) is 27.7 Å². The van der Waals surface area contributed by atoms with E-state index in [-0.39, 0.29) is 0 Å². The Kier molecular flexibility index (Phi) is 9.30. The van der Waals surface area contributed by atoms with Crippen LogP contribution in [0.4, 0.5) is 5.69 Å². The van der Waals surface area contributed by atoms with Gasteiger partial charge in [0.15, 0.2) is 12.2 Å². The summed E-state index contributed by atoms with van der Waals surface area (Å²) in [6.45, 7) is 3.79. The number of esters is 4. The first-order valence-electron chi connectivity index (χ1n) is 8.61. The molecule has 0 spiro atoms. The van der Waals surface area contributed by atoms with Gasteiger partial charge in [0, 0.05) is 33.4 Å². The van der Waals surface area contributed by atoms with Crippen molar-refractivity contribution < 1.29 is 42.9 Å². The van der Waals surface area contributed by atoms with Crippen molar-refractivity contribution in [2.45, 2.75) is 46.0 Å². The molecule has 0 bridgehead atoms. The first-order valence-corrected chi connectivity index (χ1v) is 8.61. The third-order valence-electron chi connectivity index (χ3n) is 3.33. The number of anilines is 1. The van der Waals surface area contributed by atoms with Gasteiger partial charge in [0.25, 0.3) is 5.91 Å². The van der Waals surface area contributed by atoms with Gasteiger partial charge in [-0.15, -0.1) is 0 Å². The summed E-state index contributed by atoms with van der Waals surface area (Å²) >= 11 is 0. The van der Waals surface area contributed by atoms with Gasteiger partial charge in [0.05, 0.1) is 0 Å². The maximum atomic E-state index is 12.8. The molecule has 158 valence electrons. The van der Waals surface area contributed by atoms with Crippen molar-refractivity contribution in [1.82, 2.24) is 0 Å². The van der Waals surface area contributed by atoms with Gasteiger partial charge in [-0.3, -0.25) is 24.0 Å². The van der Waals surface area contributed by atoms with E-state index >= 15 is 0 Å². The molecule has 10 nitrogen and oxygen atoms in total. The molecule has 0 aromatic heterocycles. The van der Waals surface area contributed by atoms with Crippen molar-refractivity contribution in [3.8, 4) is 0 Å². The molecule has 10 heteroatoms. The Balaban J connectivity index is 3.24. The number of hydrogen-bond donors (Lipinski definition) is 1. The van der Waals surface area contributed by atoms with Crippen molar-refractivity contribution in [2.75, 3.05) is 11.9 Å². The van der Waals surface area contributed by atoms with Gasteiger partial charge in [-0.25, -0.2) is 0 Å². The van der Waals surface area contributed by atoms with Crippen molar-refractivity contribution >= 4 is 35.5 Å². The van der Waals surface area contributed by atoms with Crippen LogP contribution < -0.4 is 5.32 Å². The van der Waals surface area contributed by atoms with E-state index in [9.17, 15) is 24.0 Å². The minimum Gasteiger partial charge on any atom is -0.462 e. The number of nitrogens with one attached hydrogen (secondary N) is 1. The molecule has 0 aliphatic rings. The summed E-state index contributed by atoms with van der Waals surface area (Å²) in [6, 6.07) is 8.25. The first-order chi connectivity index (χ1) is 13.6. The highest BCUT2D eigenvalue weighted by atomic mass is 16.6. The minimum atomic E-state index is -1.68. The van der Waals surface area contributed by atoms with Crippen LogP contribution in [0.25, 0.3) is 0 Å². The lowest BCUT2D eigenvalue weighted by atomic mass is 10.1. The summed E-state index contributed by atoms with van der Waals surface area (Å²) in [5.74, 6) is -3.99. The first kappa shape index (κ1) is 23.6. The van der Waals surface area contributed by atoms with Gasteiger partial charge in [-0.2, -0.15) is 0 Å². The summed E-state index contributed by atoms with van der Waals surface area (Å²) in [5.41, 5.74) is 0.389. The molecule has 0 unspecified atom stereocenters. The molecule has 0 radical (unpaired) electrons. The maximum Gasteiger partial charge on any atom is 0.303 e. The average Bonchev–Trinajstić information content (AvgIpc) is 2.61. The number of amides is 1. The molecule has 3 atom stereocenters. The fourth-order valence-electron chi connectivity index (χ4n) is 2.32. The molecule has 1 rings (SSSR count). The number of rotatable bonds is 9. The van der Waals surface area contributed by atoms with Crippen LogP contribution in [0.1, 0.15) is 27.7 Å². The fraction of sp³-hybridized carbons (Fsp3) is 0.421. The van der Waals surface area contributed by atoms with E-state index in [1.165, 1.54) is 0 Å². The number of ether oxygens (including phenoxy) is 4. The van der Waals surface area contributed by atoms with E-state index in [2.05, 4.69) is 5.32 Å². The molecule has 29 heavy (non-hydrogen) atoms. The van der Waals surface area contributed by atoms with Gasteiger partial charge in [-0.05, 0) is 12.1 Å². The Morgan fingerprint density at radius 3 is 1.83 bits per heavy atom. The second kappa shape index (κ2) is 11.4. The Morgan fingerprint density at radius 2 is 1.34 bits per heavy atom. The zero-order valence-corrected chi connectivity index (χ0v) is 16.5. The van der Waals surface area contributed by atoms with Crippen LogP contribution in [0.2, 0.25) is 0 Å². The summed E-state index contributed by atoms with van der Waals surface area (Å²) in [5, 5.41) is 2.52. The lowest BCUT2D eigenvalue weighted by molar-refractivity contribution is -0.190. The fourth-order valence-corrected chi connectivity index (χ4v) is 2.32. The third kappa shape index (κ3) is 8.87. The zero-order chi connectivity index (χ0) is 22.0. The molecular weight excluding hydrogens is 386 g/mol. The number of hydrogen-bond acceptors (Lipinski definition) is 9. The summed E-state index contributed by atoms with van der Waals surface area (Å²) < 4.78 is 20.1. The summed E-state index contributed by atoms with van der Waals surface area (Å²) in [4.78, 5) is 58.6. The van der Waals surface area contributed by atoms with Gasteiger partial charge in [0.1, 0.15) is 6.61 Å². The second-order valence-corrected chi connectivity index (χ2v) is 5.91. The molecule has 0 fully saturated rings. The molecule has 1 aromatic rings. The molecule has 1 N–H and O–H groups in total. The van der Waals surface area contributed by atoms with E-state index in [1.54, 1.807) is 30.3 Å².